The lowest BCUT2D eigenvalue weighted by molar-refractivity contribution is -0.0780. The number of nitrogens with zero attached hydrogens (tertiary/aromatic N) is 2. The van der Waals surface area contributed by atoms with Gasteiger partial charge in [-0.3, -0.25) is 0 Å². The summed E-state index contributed by atoms with van der Waals surface area (Å²) in [5.41, 5.74) is 5.94. The second-order valence-corrected chi connectivity index (χ2v) is 4.87. The average Bonchev–Trinajstić information content (AvgIpc) is 2.92. The van der Waals surface area contributed by atoms with E-state index in [1.54, 1.807) is 0 Å². The van der Waals surface area contributed by atoms with E-state index >= 15 is 0 Å². The van der Waals surface area contributed by atoms with E-state index < -0.39 is 0 Å². The summed E-state index contributed by atoms with van der Waals surface area (Å²) in [5, 5.41) is 14.3. The molecule has 4 heteroatoms. The molecule has 2 aliphatic rings. The van der Waals surface area contributed by atoms with Gasteiger partial charge >= 0.3 is 0 Å². The van der Waals surface area contributed by atoms with Crippen LogP contribution in [0.3, 0.4) is 0 Å². The lowest BCUT2D eigenvalue weighted by Crippen LogP contribution is -2.59. The SMILES string of the molecule is CN(C)N1CC(N)C(O)C(C2CC2)C1. The van der Waals surface area contributed by atoms with E-state index in [1.807, 2.05) is 14.1 Å². The van der Waals surface area contributed by atoms with E-state index in [9.17, 15) is 5.11 Å². The van der Waals surface area contributed by atoms with Crippen LogP contribution < -0.4 is 5.73 Å². The van der Waals surface area contributed by atoms with Crippen molar-refractivity contribution in [3.8, 4) is 0 Å². The maximum absolute atomic E-state index is 9.98. The number of hydrazine groups is 1. The minimum atomic E-state index is -0.293. The Morgan fingerprint density at radius 3 is 2.43 bits per heavy atom. The van der Waals surface area contributed by atoms with Crippen LogP contribution in [0.4, 0.5) is 0 Å². The third kappa shape index (κ3) is 1.93. The first kappa shape index (κ1) is 10.4. The minimum absolute atomic E-state index is 0.0863. The number of aliphatic hydroxyl groups is 1. The van der Waals surface area contributed by atoms with Gasteiger partial charge in [0.25, 0.3) is 0 Å². The van der Waals surface area contributed by atoms with Crippen molar-refractivity contribution >= 4 is 0 Å². The van der Waals surface area contributed by atoms with Gasteiger partial charge in [0.1, 0.15) is 0 Å². The van der Waals surface area contributed by atoms with Gasteiger partial charge in [-0.2, -0.15) is 0 Å². The van der Waals surface area contributed by atoms with E-state index in [0.29, 0.717) is 5.92 Å². The van der Waals surface area contributed by atoms with E-state index in [0.717, 1.165) is 19.0 Å². The quantitative estimate of drug-likeness (QED) is 0.629. The van der Waals surface area contributed by atoms with E-state index in [2.05, 4.69) is 10.0 Å². The van der Waals surface area contributed by atoms with Crippen LogP contribution in [-0.4, -0.2) is 54.5 Å². The monoisotopic (exact) mass is 199 g/mol. The van der Waals surface area contributed by atoms with Gasteiger partial charge in [0.2, 0.25) is 0 Å². The molecule has 0 aromatic heterocycles. The molecule has 14 heavy (non-hydrogen) atoms. The summed E-state index contributed by atoms with van der Waals surface area (Å²) < 4.78 is 0. The molecule has 0 radical (unpaired) electrons. The molecule has 0 aromatic carbocycles. The largest absolute Gasteiger partial charge is 0.391 e. The molecule has 0 spiro atoms. The summed E-state index contributed by atoms with van der Waals surface area (Å²) in [7, 11) is 4.07. The van der Waals surface area contributed by atoms with Gasteiger partial charge in [0, 0.05) is 39.1 Å². The Balaban J connectivity index is 2.01. The Bertz CT molecular complexity index is 206. The van der Waals surface area contributed by atoms with Gasteiger partial charge in [-0.05, 0) is 18.8 Å². The first-order chi connectivity index (χ1) is 6.59. The predicted molar refractivity (Wildman–Crippen MR) is 55.5 cm³/mol. The number of piperidine rings is 1. The number of hydrogen-bond donors (Lipinski definition) is 2. The highest BCUT2D eigenvalue weighted by molar-refractivity contribution is 4.95. The van der Waals surface area contributed by atoms with Gasteiger partial charge in [-0.1, -0.05) is 0 Å². The van der Waals surface area contributed by atoms with Crippen LogP contribution in [0.2, 0.25) is 0 Å². The highest BCUT2D eigenvalue weighted by Crippen LogP contribution is 2.40. The first-order valence-electron chi connectivity index (χ1n) is 5.45. The van der Waals surface area contributed by atoms with Crippen molar-refractivity contribution < 1.29 is 5.11 Å². The second-order valence-electron chi connectivity index (χ2n) is 4.87. The highest BCUT2D eigenvalue weighted by atomic mass is 16.3. The molecular weight excluding hydrogens is 178 g/mol. The van der Waals surface area contributed by atoms with Crippen LogP contribution in [0.1, 0.15) is 12.8 Å². The highest BCUT2D eigenvalue weighted by Gasteiger charge is 2.42. The molecule has 3 atom stereocenters. The normalized spacial score (nSPS) is 40.5. The number of nitrogens with two attached hydrogens (primary N) is 1. The van der Waals surface area contributed by atoms with Gasteiger partial charge < -0.3 is 10.8 Å². The lowest BCUT2D eigenvalue weighted by Gasteiger charge is -2.42. The zero-order valence-corrected chi connectivity index (χ0v) is 9.06. The van der Waals surface area contributed by atoms with Crippen molar-refractivity contribution in [3.63, 3.8) is 0 Å². The molecule has 2 rings (SSSR count). The third-order valence-electron chi connectivity index (χ3n) is 3.51. The summed E-state index contributed by atoms with van der Waals surface area (Å²) in [6.45, 7) is 1.74. The Morgan fingerprint density at radius 2 is 1.93 bits per heavy atom. The van der Waals surface area contributed by atoms with Crippen LogP contribution in [0.5, 0.6) is 0 Å². The maximum atomic E-state index is 9.98. The fraction of sp³-hybridized carbons (Fsp3) is 1.00. The van der Waals surface area contributed by atoms with Crippen LogP contribution >= 0.6 is 0 Å². The summed E-state index contributed by atoms with van der Waals surface area (Å²) in [6, 6.07) is -0.0863. The van der Waals surface area contributed by atoms with Crippen molar-refractivity contribution in [3.05, 3.63) is 0 Å². The smallest absolute Gasteiger partial charge is 0.0747 e. The molecule has 2 fully saturated rings. The molecule has 1 saturated carbocycles. The van der Waals surface area contributed by atoms with E-state index in [-0.39, 0.29) is 12.1 Å². The summed E-state index contributed by atoms with van der Waals surface area (Å²) >= 11 is 0. The van der Waals surface area contributed by atoms with Crippen molar-refractivity contribution in [1.29, 1.82) is 0 Å². The van der Waals surface area contributed by atoms with E-state index in [4.69, 9.17) is 5.73 Å². The Hall–Kier alpha value is -0.160. The summed E-state index contributed by atoms with van der Waals surface area (Å²) in [6.07, 6.45) is 2.25. The summed E-state index contributed by atoms with van der Waals surface area (Å²) in [5.74, 6) is 1.11. The molecule has 0 aromatic rings. The minimum Gasteiger partial charge on any atom is -0.391 e. The standard InChI is InChI=1S/C10H21N3O/c1-12(2)13-5-8(7-3-4-7)10(14)9(11)6-13/h7-10,14H,3-6,11H2,1-2H3. The predicted octanol–water partition coefficient (Wildman–Crippen LogP) is -0.507. The second kappa shape index (κ2) is 3.77. The van der Waals surface area contributed by atoms with Crippen molar-refractivity contribution in [1.82, 2.24) is 10.0 Å². The fourth-order valence-electron chi connectivity index (χ4n) is 2.37. The molecule has 1 aliphatic heterocycles. The van der Waals surface area contributed by atoms with Crippen molar-refractivity contribution in [2.45, 2.75) is 25.0 Å². The van der Waals surface area contributed by atoms with Gasteiger partial charge in [0.05, 0.1) is 6.10 Å². The van der Waals surface area contributed by atoms with Gasteiger partial charge in [0.15, 0.2) is 0 Å². The Morgan fingerprint density at radius 1 is 1.29 bits per heavy atom. The first-order valence-corrected chi connectivity index (χ1v) is 5.45. The van der Waals surface area contributed by atoms with Gasteiger partial charge in [-0.25, -0.2) is 10.0 Å². The zero-order chi connectivity index (χ0) is 10.3. The fourth-order valence-corrected chi connectivity index (χ4v) is 2.37. The van der Waals surface area contributed by atoms with Crippen LogP contribution in [0.25, 0.3) is 0 Å². The lowest BCUT2D eigenvalue weighted by atomic mass is 9.88. The van der Waals surface area contributed by atoms with Crippen LogP contribution in [-0.2, 0) is 0 Å². The number of hydrogen-bond acceptors (Lipinski definition) is 4. The van der Waals surface area contributed by atoms with E-state index in [1.165, 1.54) is 12.8 Å². The molecule has 0 bridgehead atoms. The summed E-state index contributed by atoms with van der Waals surface area (Å²) in [4.78, 5) is 0. The molecule has 3 N–H and O–H groups in total. The molecular formula is C10H21N3O. The molecule has 4 nitrogen and oxygen atoms in total. The molecule has 1 heterocycles. The van der Waals surface area contributed by atoms with Crippen LogP contribution in [0.15, 0.2) is 0 Å². The van der Waals surface area contributed by atoms with Gasteiger partial charge in [-0.15, -0.1) is 0 Å². The molecule has 3 unspecified atom stereocenters. The maximum Gasteiger partial charge on any atom is 0.0747 e. The van der Waals surface area contributed by atoms with Crippen LogP contribution in [0, 0.1) is 11.8 Å². The number of rotatable bonds is 2. The average molecular weight is 199 g/mol. The number of aliphatic hydroxyl groups excluding tert-OH is 1. The zero-order valence-electron chi connectivity index (χ0n) is 9.06. The third-order valence-corrected chi connectivity index (χ3v) is 3.51. The molecule has 0 amide bonds. The Labute approximate surface area is 85.6 Å². The molecule has 1 saturated heterocycles. The molecule has 1 aliphatic carbocycles. The topological polar surface area (TPSA) is 52.7 Å². The van der Waals surface area contributed by atoms with Crippen molar-refractivity contribution in [2.24, 2.45) is 17.6 Å². The molecule has 82 valence electrons. The van der Waals surface area contributed by atoms with Crippen molar-refractivity contribution in [2.75, 3.05) is 27.2 Å². The Kier molecular flexibility index (Phi) is 2.79.